The van der Waals surface area contributed by atoms with Crippen LogP contribution < -0.4 is 103 Å². The molecular weight excluding hydrogens is 1520 g/mol. The van der Waals surface area contributed by atoms with Gasteiger partial charge in [0.1, 0.15) is 78.3 Å². The number of ether oxygens (including phenoxy) is 1. The zero-order valence-corrected chi connectivity index (χ0v) is 65.2. The van der Waals surface area contributed by atoms with Crippen LogP contribution in [0.5, 0.6) is 5.75 Å². The Morgan fingerprint density at radius 1 is 0.600 bits per heavy atom. The average molecular weight is 1620 g/mol. The highest BCUT2D eigenvalue weighted by Crippen LogP contribution is 2.24. The summed E-state index contributed by atoms with van der Waals surface area (Å²) in [5.41, 5.74) is 32.8. The molecule has 0 saturated carbocycles. The van der Waals surface area contributed by atoms with Crippen molar-refractivity contribution in [3.05, 3.63) is 114 Å². The van der Waals surface area contributed by atoms with Crippen LogP contribution in [0.3, 0.4) is 0 Å². The highest BCUT2D eigenvalue weighted by molar-refractivity contribution is 7.99. The van der Waals surface area contributed by atoms with Gasteiger partial charge in [-0.15, -0.1) is 0 Å². The van der Waals surface area contributed by atoms with Crippen molar-refractivity contribution >= 4 is 134 Å². The Morgan fingerprint density at radius 3 is 1.79 bits per heavy atom. The maximum atomic E-state index is 15.7. The Labute approximate surface area is 666 Å². The third-order valence-electron chi connectivity index (χ3n) is 18.3. The van der Waals surface area contributed by atoms with Gasteiger partial charge in [-0.3, -0.25) is 81.5 Å². The van der Waals surface area contributed by atoms with Gasteiger partial charge in [-0.05, 0) is 103 Å². The predicted octanol–water partition coefficient (Wildman–Crippen LogP) is -4.73. The van der Waals surface area contributed by atoms with Gasteiger partial charge < -0.3 is 113 Å². The fourth-order valence-corrected chi connectivity index (χ4v) is 13.6. The van der Waals surface area contributed by atoms with Crippen LogP contribution in [0, 0.1) is 5.92 Å². The first-order chi connectivity index (χ1) is 54.4. The van der Waals surface area contributed by atoms with Gasteiger partial charge in [-0.25, -0.2) is 0 Å². The number of primary amides is 5. The second-order valence-corrected chi connectivity index (χ2v) is 29.7. The monoisotopic (exact) mass is 1620 g/mol. The standard InChI is InChI=1S/C76H103N19O19S/c1-39(2)35-76(5,75(113)93-52(22-25-61(80)100)67(105)90-57(34-62(81)101)65(103)84-37-63(82)102)95-73(111)55(32-43-14-17-44-10-6-7-11-45(44)30-43)89-70(108)54(31-42-15-18-47(19-16-42)114-28-27-77)88-72(110)58-38-115-29-26-53(85-41(4)97)68(106)86-51(21-24-60(79)99)69(107)94-64(40(3)96)74(112)91-56(33-46-36-83-49-13-9-8-12-48(46)49)71(109)87-50(66(104)92-58)20-23-59(78)98/h6-19,30,36,39-40,50-58,64,83,96H,20-29,31-35,37-38,77H2,1-5H3,(H2,78,98)(H2,79,99)(H2,80,100)(H2,81,101)(H2,82,102)(H,84,103)(H,85,97)(H,86,106)(H,87,109)(H,88,110)(H,89,108)(H,90,105)(H,91,112)(H,92,104)(H,93,113)(H,94,107)(H,95,111)/t40-,50+,51+,52+,53+,54+,55+,56+,57+,58+,64+,76+/m1/s1. The average Bonchev–Trinajstić information content (AvgIpc) is 1.73. The van der Waals surface area contributed by atoms with Crippen molar-refractivity contribution in [2.75, 3.05) is 31.2 Å². The number of amides is 17. The number of para-hydroxylation sites is 1. The molecule has 12 atom stereocenters. The fourth-order valence-electron chi connectivity index (χ4n) is 12.6. The maximum absolute atomic E-state index is 15.7. The van der Waals surface area contributed by atoms with E-state index < -0.39 is 236 Å². The maximum Gasteiger partial charge on any atom is 0.246 e. The number of aromatic nitrogens is 1. The predicted molar refractivity (Wildman–Crippen MR) is 420 cm³/mol. The first-order valence-electron chi connectivity index (χ1n) is 37.1. The lowest BCUT2D eigenvalue weighted by atomic mass is 9.88. The first kappa shape index (κ1) is 91.6. The van der Waals surface area contributed by atoms with Crippen LogP contribution in [-0.2, 0) is 101 Å². The topological polar surface area (TPSA) is 636 Å². The minimum absolute atomic E-state index is 0.118. The Kier molecular flexibility index (Phi) is 35.3. The Morgan fingerprint density at radius 2 is 1.17 bits per heavy atom. The third-order valence-corrected chi connectivity index (χ3v) is 19.4. The number of aliphatic hydroxyl groups excluding tert-OH is 1. The number of benzene rings is 4. The second kappa shape index (κ2) is 44.3. The number of nitrogens with one attached hydrogen (secondary N) is 13. The molecule has 4 aromatic carbocycles. The zero-order valence-electron chi connectivity index (χ0n) is 64.4. The van der Waals surface area contributed by atoms with E-state index in [0.29, 0.717) is 38.7 Å². The summed E-state index contributed by atoms with van der Waals surface area (Å²) in [5.74, 6) is -18.0. The van der Waals surface area contributed by atoms with E-state index in [-0.39, 0.29) is 51.0 Å². The van der Waals surface area contributed by atoms with Gasteiger partial charge in [-0.1, -0.05) is 86.6 Å². The van der Waals surface area contributed by atoms with Crippen LogP contribution in [0.25, 0.3) is 21.7 Å². The van der Waals surface area contributed by atoms with Crippen molar-refractivity contribution in [1.29, 1.82) is 0 Å². The molecule has 26 N–H and O–H groups in total. The van der Waals surface area contributed by atoms with E-state index in [2.05, 4.69) is 68.8 Å². The Bertz CT molecular complexity index is 4370. The van der Waals surface area contributed by atoms with E-state index >= 15 is 24.0 Å². The quantitative estimate of drug-likeness (QED) is 0.0178. The largest absolute Gasteiger partial charge is 0.492 e. The lowest BCUT2D eigenvalue weighted by Gasteiger charge is -2.35. The van der Waals surface area contributed by atoms with Crippen molar-refractivity contribution in [2.24, 2.45) is 40.3 Å². The number of hydrogen-bond donors (Lipinski definition) is 20. The summed E-state index contributed by atoms with van der Waals surface area (Å²) in [5, 5.41) is 43.6. The highest BCUT2D eigenvalue weighted by Gasteiger charge is 2.42. The molecule has 1 saturated heterocycles. The molecule has 6 rings (SSSR count). The molecule has 115 heavy (non-hydrogen) atoms. The molecule has 0 bridgehead atoms. The number of aromatic amines is 1. The van der Waals surface area contributed by atoms with Crippen LogP contribution >= 0.6 is 11.8 Å². The molecule has 0 aliphatic carbocycles. The number of fused-ring (bicyclic) bond motifs is 2. The molecule has 5 aromatic rings. The molecule has 1 fully saturated rings. The fraction of sp³-hybridized carbons (Fsp3) is 0.461. The van der Waals surface area contributed by atoms with E-state index in [1.807, 2.05) is 6.07 Å². The molecular formula is C76H103N19O19S. The van der Waals surface area contributed by atoms with Crippen molar-refractivity contribution in [3.63, 3.8) is 0 Å². The molecule has 1 aliphatic rings. The molecule has 39 heteroatoms. The van der Waals surface area contributed by atoms with Crippen LogP contribution in [0.1, 0.15) is 109 Å². The summed E-state index contributed by atoms with van der Waals surface area (Å²) in [6, 6.07) is 8.45. The lowest BCUT2D eigenvalue weighted by molar-refractivity contribution is -0.138. The summed E-state index contributed by atoms with van der Waals surface area (Å²) in [6.07, 6.45) is -5.53. The summed E-state index contributed by atoms with van der Waals surface area (Å²) in [6.45, 7) is 6.53. The van der Waals surface area contributed by atoms with Crippen LogP contribution in [-0.4, -0.2) is 214 Å². The number of nitrogens with two attached hydrogens (primary N) is 6. The van der Waals surface area contributed by atoms with Crippen molar-refractivity contribution in [1.82, 2.24) is 68.8 Å². The van der Waals surface area contributed by atoms with Gasteiger partial charge in [0.2, 0.25) is 100 Å². The van der Waals surface area contributed by atoms with Crippen molar-refractivity contribution in [3.8, 4) is 5.75 Å². The molecule has 38 nitrogen and oxygen atoms in total. The smallest absolute Gasteiger partial charge is 0.246 e. The SMILES string of the molecule is CC(=O)N[C@H]1CCSC[C@@H](C(=O)N[C@@H](Cc2ccc(OCCN)cc2)C(=O)N[C@@H](Cc2ccc3ccccc3c2)C(=O)N[C@@](C)(CC(C)C)C(=O)N[C@@H](CCC(N)=O)C(=O)N[C@@H](CC(N)=O)C(=O)NCC(N)=O)NC(=O)[C@H](CCC(N)=O)NC(=O)[C@H](Cc2c[nH]c3ccccc23)NC(=O)[C@H]([C@@H](C)O)NC(=O)[C@H](CCC(N)=O)NC1=O. The van der Waals surface area contributed by atoms with Gasteiger partial charge in [0.25, 0.3) is 0 Å². The molecule has 0 radical (unpaired) electrons. The molecule has 622 valence electrons. The number of hydrogen-bond acceptors (Lipinski definition) is 21. The van der Waals surface area contributed by atoms with Crippen LogP contribution in [0.15, 0.2) is 97.2 Å². The zero-order chi connectivity index (χ0) is 84.8. The highest BCUT2D eigenvalue weighted by atomic mass is 32.2. The first-order valence-corrected chi connectivity index (χ1v) is 38.3. The number of thioether (sulfide) groups is 1. The molecule has 0 unspecified atom stereocenters. The lowest BCUT2D eigenvalue weighted by Crippen LogP contribution is -2.65. The van der Waals surface area contributed by atoms with E-state index in [9.17, 15) is 62.6 Å². The summed E-state index contributed by atoms with van der Waals surface area (Å²) < 4.78 is 5.71. The van der Waals surface area contributed by atoms with Crippen molar-refractivity contribution in [2.45, 2.75) is 184 Å². The van der Waals surface area contributed by atoms with E-state index in [1.165, 1.54) is 6.92 Å². The normalized spacial score (nSPS) is 19.0. The Balaban J connectivity index is 1.46. The number of carbonyl (C=O) groups excluding carboxylic acids is 17. The molecule has 1 aromatic heterocycles. The minimum Gasteiger partial charge on any atom is -0.492 e. The second-order valence-electron chi connectivity index (χ2n) is 28.5. The van der Waals surface area contributed by atoms with Gasteiger partial charge in [-0.2, -0.15) is 11.8 Å². The molecule has 1 aliphatic heterocycles. The summed E-state index contributed by atoms with van der Waals surface area (Å²) in [4.78, 5) is 239. The van der Waals surface area contributed by atoms with Gasteiger partial charge >= 0.3 is 0 Å². The molecule has 17 amide bonds. The van der Waals surface area contributed by atoms with Gasteiger partial charge in [0.15, 0.2) is 0 Å². The van der Waals surface area contributed by atoms with Gasteiger partial charge in [0, 0.05) is 74.8 Å². The summed E-state index contributed by atoms with van der Waals surface area (Å²) >= 11 is 0.923. The van der Waals surface area contributed by atoms with Gasteiger partial charge in [0.05, 0.1) is 19.1 Å². The summed E-state index contributed by atoms with van der Waals surface area (Å²) in [7, 11) is 0. The van der Waals surface area contributed by atoms with Crippen LogP contribution in [0.4, 0.5) is 0 Å². The minimum atomic E-state index is -2.04. The number of H-pyrrole nitrogens is 1. The van der Waals surface area contributed by atoms with Crippen LogP contribution in [0.2, 0.25) is 0 Å². The Hall–Kier alpha value is -12.3. The van der Waals surface area contributed by atoms with Crippen molar-refractivity contribution < 1.29 is 91.4 Å². The van der Waals surface area contributed by atoms with E-state index in [0.717, 1.165) is 31.0 Å². The number of carbonyl (C=O) groups is 17. The van der Waals surface area contributed by atoms with E-state index in [1.54, 1.807) is 105 Å². The van der Waals surface area contributed by atoms with E-state index in [4.69, 9.17) is 39.1 Å². The molecule has 0 spiro atoms. The number of aliphatic hydroxyl groups is 1. The number of rotatable bonds is 37. The third kappa shape index (κ3) is 29.7. The molecule has 2 heterocycles.